The van der Waals surface area contributed by atoms with Crippen molar-refractivity contribution in [3.8, 4) is 5.75 Å². The zero-order valence-electron chi connectivity index (χ0n) is 12.8. The maximum atomic E-state index is 11.6. The Balaban J connectivity index is 2.65. The van der Waals surface area contributed by atoms with E-state index < -0.39 is 5.41 Å². The van der Waals surface area contributed by atoms with Crippen LogP contribution in [0.15, 0.2) is 24.3 Å². The molecule has 0 aliphatic heterocycles. The fourth-order valence-electron chi connectivity index (χ4n) is 1.81. The molecular weight excluding hydrogens is 254 g/mol. The summed E-state index contributed by atoms with van der Waals surface area (Å²) in [5.74, 6) is 0.476. The highest BCUT2D eigenvalue weighted by Crippen LogP contribution is 2.21. The first-order valence-electron chi connectivity index (χ1n) is 6.94. The smallest absolute Gasteiger partial charge is 0.314 e. The monoisotopic (exact) mass is 279 g/mol. The normalized spacial score (nSPS) is 12.8. The largest absolute Gasteiger partial charge is 0.492 e. The number of nitrogens with two attached hydrogens (primary N) is 1. The van der Waals surface area contributed by atoms with Crippen molar-refractivity contribution in [2.24, 2.45) is 11.1 Å². The number of benzene rings is 1. The van der Waals surface area contributed by atoms with Gasteiger partial charge in [-0.3, -0.25) is 4.79 Å². The first kappa shape index (κ1) is 16.5. The Morgan fingerprint density at radius 3 is 2.70 bits per heavy atom. The van der Waals surface area contributed by atoms with Gasteiger partial charge in [-0.2, -0.15) is 0 Å². The quantitative estimate of drug-likeness (QED) is 0.779. The van der Waals surface area contributed by atoms with Gasteiger partial charge in [0.1, 0.15) is 12.4 Å². The fourth-order valence-corrected chi connectivity index (χ4v) is 1.81. The van der Waals surface area contributed by atoms with Crippen LogP contribution in [0.3, 0.4) is 0 Å². The van der Waals surface area contributed by atoms with Crippen LogP contribution in [-0.2, 0) is 16.0 Å². The van der Waals surface area contributed by atoms with E-state index in [9.17, 15) is 4.79 Å². The molecule has 1 aromatic rings. The highest BCUT2D eigenvalue weighted by Gasteiger charge is 2.29. The van der Waals surface area contributed by atoms with Gasteiger partial charge < -0.3 is 15.2 Å². The van der Waals surface area contributed by atoms with E-state index in [4.69, 9.17) is 15.2 Å². The van der Waals surface area contributed by atoms with E-state index in [1.165, 1.54) is 7.11 Å². The van der Waals surface area contributed by atoms with Crippen molar-refractivity contribution >= 4 is 5.97 Å². The highest BCUT2D eigenvalue weighted by molar-refractivity contribution is 5.75. The van der Waals surface area contributed by atoms with E-state index in [0.717, 1.165) is 24.2 Å². The molecule has 4 nitrogen and oxygen atoms in total. The van der Waals surface area contributed by atoms with Crippen LogP contribution in [-0.4, -0.2) is 25.7 Å². The molecule has 1 rings (SSSR count). The van der Waals surface area contributed by atoms with Gasteiger partial charge in [0.2, 0.25) is 0 Å². The Morgan fingerprint density at radius 1 is 1.40 bits per heavy atom. The molecule has 112 valence electrons. The van der Waals surface area contributed by atoms with Crippen molar-refractivity contribution in [1.82, 2.24) is 0 Å². The van der Waals surface area contributed by atoms with Crippen molar-refractivity contribution < 1.29 is 14.3 Å². The summed E-state index contributed by atoms with van der Waals surface area (Å²) < 4.78 is 10.5. The molecule has 0 saturated heterocycles. The first-order chi connectivity index (χ1) is 9.39. The maximum Gasteiger partial charge on any atom is 0.314 e. The van der Waals surface area contributed by atoms with Crippen molar-refractivity contribution in [2.45, 2.75) is 39.7 Å². The molecule has 0 aromatic heterocycles. The van der Waals surface area contributed by atoms with Gasteiger partial charge in [-0.25, -0.2) is 0 Å². The van der Waals surface area contributed by atoms with Crippen molar-refractivity contribution in [2.75, 3.05) is 13.7 Å². The summed E-state index contributed by atoms with van der Waals surface area (Å²) in [5, 5.41) is 0. The summed E-state index contributed by atoms with van der Waals surface area (Å²) in [4.78, 5) is 11.6. The lowest BCUT2D eigenvalue weighted by atomic mass is 9.95. The van der Waals surface area contributed by atoms with Crippen molar-refractivity contribution in [3.63, 3.8) is 0 Å². The number of rotatable bonds is 7. The molecular formula is C16H25NO3. The lowest BCUT2D eigenvalue weighted by molar-refractivity contribution is -0.152. The second kappa shape index (κ2) is 7.29. The highest BCUT2D eigenvalue weighted by atomic mass is 16.5. The zero-order valence-corrected chi connectivity index (χ0v) is 12.8. The zero-order chi connectivity index (χ0) is 15.2. The molecule has 4 heteroatoms. The number of ether oxygens (including phenoxy) is 2. The lowest BCUT2D eigenvalue weighted by Gasteiger charge is -2.21. The van der Waals surface area contributed by atoms with Crippen LogP contribution in [0, 0.1) is 5.41 Å². The predicted octanol–water partition coefficient (Wildman–Crippen LogP) is 2.54. The fraction of sp³-hybridized carbons (Fsp3) is 0.562. The SMILES string of the molecule is CCC(N)Cc1cccc(OCC(C)(C)C(=O)OC)c1. The van der Waals surface area contributed by atoms with Crippen LogP contribution in [0.5, 0.6) is 5.75 Å². The van der Waals surface area contributed by atoms with Gasteiger partial charge >= 0.3 is 5.97 Å². The molecule has 0 radical (unpaired) electrons. The number of methoxy groups -OCH3 is 1. The standard InChI is InChI=1S/C16H25NO3/c1-5-13(17)9-12-7-6-8-14(10-12)20-11-16(2,3)15(18)19-4/h6-8,10,13H,5,9,11,17H2,1-4H3. The van der Waals surface area contributed by atoms with Gasteiger partial charge in [0, 0.05) is 6.04 Å². The summed E-state index contributed by atoms with van der Waals surface area (Å²) in [6.07, 6.45) is 1.77. The van der Waals surface area contributed by atoms with Gasteiger partial charge in [0.25, 0.3) is 0 Å². The predicted molar refractivity (Wildman–Crippen MR) is 79.7 cm³/mol. The molecule has 0 amide bonds. The summed E-state index contributed by atoms with van der Waals surface area (Å²) in [6.45, 7) is 5.96. The number of esters is 1. The average molecular weight is 279 g/mol. The molecule has 0 saturated carbocycles. The van der Waals surface area contributed by atoms with Crippen LogP contribution in [0.4, 0.5) is 0 Å². The molecule has 1 aromatic carbocycles. The van der Waals surface area contributed by atoms with Gasteiger partial charge in [-0.05, 0) is 44.4 Å². The number of hydrogen-bond donors (Lipinski definition) is 1. The van der Waals surface area contributed by atoms with E-state index in [1.807, 2.05) is 24.3 Å². The third kappa shape index (κ3) is 4.85. The second-order valence-corrected chi connectivity index (χ2v) is 5.68. The van der Waals surface area contributed by atoms with Crippen LogP contribution >= 0.6 is 0 Å². The molecule has 0 bridgehead atoms. The molecule has 2 N–H and O–H groups in total. The van der Waals surface area contributed by atoms with Crippen molar-refractivity contribution in [1.29, 1.82) is 0 Å². The number of carbonyl (C=O) groups excluding carboxylic acids is 1. The van der Waals surface area contributed by atoms with Crippen LogP contribution < -0.4 is 10.5 Å². The summed E-state index contributed by atoms with van der Waals surface area (Å²) >= 11 is 0. The molecule has 0 heterocycles. The van der Waals surface area contributed by atoms with Crippen LogP contribution in [0.25, 0.3) is 0 Å². The minimum atomic E-state index is -0.662. The molecule has 0 fully saturated rings. The Bertz CT molecular complexity index is 443. The summed E-state index contributed by atoms with van der Waals surface area (Å²) in [7, 11) is 1.39. The van der Waals surface area contributed by atoms with E-state index in [0.29, 0.717) is 0 Å². The first-order valence-corrected chi connectivity index (χ1v) is 6.94. The molecule has 1 atom stereocenters. The molecule has 20 heavy (non-hydrogen) atoms. The topological polar surface area (TPSA) is 61.5 Å². The molecule has 0 aliphatic carbocycles. The van der Waals surface area contributed by atoms with Gasteiger partial charge in [0.05, 0.1) is 12.5 Å². The Labute approximate surface area is 121 Å². The average Bonchev–Trinajstić information content (AvgIpc) is 2.44. The lowest BCUT2D eigenvalue weighted by Crippen LogP contribution is -2.32. The van der Waals surface area contributed by atoms with E-state index in [-0.39, 0.29) is 18.6 Å². The van der Waals surface area contributed by atoms with Gasteiger partial charge in [-0.15, -0.1) is 0 Å². The van der Waals surface area contributed by atoms with Crippen LogP contribution in [0.1, 0.15) is 32.8 Å². The summed E-state index contributed by atoms with van der Waals surface area (Å²) in [6, 6.07) is 8.00. The molecule has 0 spiro atoms. The van der Waals surface area contributed by atoms with E-state index in [1.54, 1.807) is 13.8 Å². The second-order valence-electron chi connectivity index (χ2n) is 5.68. The third-order valence-electron chi connectivity index (χ3n) is 3.26. The third-order valence-corrected chi connectivity index (χ3v) is 3.26. The summed E-state index contributed by atoms with van der Waals surface area (Å²) in [5.41, 5.74) is 6.44. The minimum Gasteiger partial charge on any atom is -0.492 e. The minimum absolute atomic E-state index is 0.164. The van der Waals surface area contributed by atoms with E-state index in [2.05, 4.69) is 6.92 Å². The number of hydrogen-bond acceptors (Lipinski definition) is 4. The Hall–Kier alpha value is -1.55. The van der Waals surface area contributed by atoms with Crippen molar-refractivity contribution in [3.05, 3.63) is 29.8 Å². The number of carbonyl (C=O) groups is 1. The Kier molecular flexibility index (Phi) is 6.02. The molecule has 0 aliphatic rings. The molecule has 1 unspecified atom stereocenters. The Morgan fingerprint density at radius 2 is 2.10 bits per heavy atom. The van der Waals surface area contributed by atoms with E-state index >= 15 is 0 Å². The van der Waals surface area contributed by atoms with Gasteiger partial charge in [-0.1, -0.05) is 19.1 Å². The van der Waals surface area contributed by atoms with Crippen LogP contribution in [0.2, 0.25) is 0 Å². The maximum absolute atomic E-state index is 11.6. The van der Waals surface area contributed by atoms with Gasteiger partial charge in [0.15, 0.2) is 0 Å².